The van der Waals surface area contributed by atoms with Gasteiger partial charge in [-0.05, 0) is 38.8 Å². The van der Waals surface area contributed by atoms with Crippen LogP contribution in [0, 0.1) is 5.92 Å². The summed E-state index contributed by atoms with van der Waals surface area (Å²) in [6, 6.07) is 0.192. The van der Waals surface area contributed by atoms with E-state index in [4.69, 9.17) is 5.73 Å². The highest BCUT2D eigenvalue weighted by Gasteiger charge is 2.15. The SMILES string of the molecule is CCN(CC)CCN(CC(C)C)C(=O)CCCC(C)N. The zero-order valence-electron chi connectivity index (χ0n) is 14.2. The van der Waals surface area contributed by atoms with Gasteiger partial charge in [0.2, 0.25) is 5.91 Å². The fraction of sp³-hybridized carbons (Fsp3) is 0.938. The summed E-state index contributed by atoms with van der Waals surface area (Å²) in [5.74, 6) is 0.801. The van der Waals surface area contributed by atoms with Crippen molar-refractivity contribution in [2.45, 2.75) is 59.9 Å². The van der Waals surface area contributed by atoms with E-state index in [0.29, 0.717) is 12.3 Å². The van der Waals surface area contributed by atoms with E-state index in [2.05, 4.69) is 32.6 Å². The van der Waals surface area contributed by atoms with Crippen LogP contribution in [0.15, 0.2) is 0 Å². The first kappa shape index (κ1) is 19.4. The van der Waals surface area contributed by atoms with Crippen LogP contribution in [0.1, 0.15) is 53.9 Å². The fourth-order valence-corrected chi connectivity index (χ4v) is 2.29. The molecule has 120 valence electrons. The summed E-state index contributed by atoms with van der Waals surface area (Å²) in [7, 11) is 0. The molecule has 0 aromatic heterocycles. The third-order valence-electron chi connectivity index (χ3n) is 3.57. The first-order valence-electron chi connectivity index (χ1n) is 8.16. The van der Waals surface area contributed by atoms with Gasteiger partial charge in [0.05, 0.1) is 0 Å². The molecule has 0 heterocycles. The monoisotopic (exact) mass is 285 g/mol. The van der Waals surface area contributed by atoms with E-state index >= 15 is 0 Å². The molecule has 0 aliphatic heterocycles. The van der Waals surface area contributed by atoms with E-state index in [1.165, 1.54) is 0 Å². The molecular weight excluding hydrogens is 250 g/mol. The number of nitrogens with zero attached hydrogens (tertiary/aromatic N) is 2. The molecule has 2 N–H and O–H groups in total. The molecule has 0 saturated heterocycles. The number of hydrogen-bond donors (Lipinski definition) is 1. The Labute approximate surface area is 125 Å². The highest BCUT2D eigenvalue weighted by Crippen LogP contribution is 2.06. The predicted molar refractivity (Wildman–Crippen MR) is 86.7 cm³/mol. The number of carbonyl (C=O) groups excluding carboxylic acids is 1. The van der Waals surface area contributed by atoms with Crippen LogP contribution >= 0.6 is 0 Å². The van der Waals surface area contributed by atoms with E-state index in [1.807, 2.05) is 11.8 Å². The zero-order valence-corrected chi connectivity index (χ0v) is 14.2. The van der Waals surface area contributed by atoms with Crippen molar-refractivity contribution in [1.82, 2.24) is 9.80 Å². The second kappa shape index (κ2) is 11.1. The Bertz CT molecular complexity index is 250. The van der Waals surface area contributed by atoms with Gasteiger partial charge in [-0.25, -0.2) is 0 Å². The minimum absolute atomic E-state index is 0.192. The Morgan fingerprint density at radius 1 is 1.10 bits per heavy atom. The first-order valence-corrected chi connectivity index (χ1v) is 8.16. The normalized spacial score (nSPS) is 13.0. The lowest BCUT2D eigenvalue weighted by atomic mass is 10.1. The van der Waals surface area contributed by atoms with Crippen LogP contribution in [0.25, 0.3) is 0 Å². The molecule has 0 fully saturated rings. The molecule has 4 nitrogen and oxygen atoms in total. The molecule has 0 radical (unpaired) electrons. The lowest BCUT2D eigenvalue weighted by molar-refractivity contribution is -0.132. The number of rotatable bonds is 11. The van der Waals surface area contributed by atoms with E-state index in [9.17, 15) is 4.79 Å². The van der Waals surface area contributed by atoms with Gasteiger partial charge in [0.15, 0.2) is 0 Å². The number of carbonyl (C=O) groups is 1. The summed E-state index contributed by atoms with van der Waals surface area (Å²) >= 11 is 0. The molecule has 0 aliphatic rings. The van der Waals surface area contributed by atoms with Crippen molar-refractivity contribution >= 4 is 5.91 Å². The highest BCUT2D eigenvalue weighted by molar-refractivity contribution is 5.76. The van der Waals surface area contributed by atoms with Gasteiger partial charge in [0.1, 0.15) is 0 Å². The lowest BCUT2D eigenvalue weighted by Gasteiger charge is -2.28. The van der Waals surface area contributed by atoms with Crippen molar-refractivity contribution in [2.75, 3.05) is 32.7 Å². The molecule has 1 atom stereocenters. The van der Waals surface area contributed by atoms with Gasteiger partial charge in [-0.3, -0.25) is 4.79 Å². The predicted octanol–water partition coefficient (Wildman–Crippen LogP) is 2.33. The maximum absolute atomic E-state index is 12.3. The molecule has 0 bridgehead atoms. The molecule has 0 saturated carbocycles. The van der Waals surface area contributed by atoms with E-state index in [0.717, 1.165) is 45.6 Å². The van der Waals surface area contributed by atoms with Crippen molar-refractivity contribution in [3.63, 3.8) is 0 Å². The molecule has 0 aromatic carbocycles. The Morgan fingerprint density at radius 2 is 1.70 bits per heavy atom. The van der Waals surface area contributed by atoms with Gasteiger partial charge in [-0.2, -0.15) is 0 Å². The van der Waals surface area contributed by atoms with Gasteiger partial charge in [0, 0.05) is 32.1 Å². The van der Waals surface area contributed by atoms with Gasteiger partial charge < -0.3 is 15.5 Å². The molecule has 0 aliphatic carbocycles. The quantitative estimate of drug-likeness (QED) is 0.634. The summed E-state index contributed by atoms with van der Waals surface area (Å²) in [4.78, 5) is 16.7. The van der Waals surface area contributed by atoms with Gasteiger partial charge in [-0.1, -0.05) is 27.7 Å². The van der Waals surface area contributed by atoms with Crippen LogP contribution in [0.2, 0.25) is 0 Å². The van der Waals surface area contributed by atoms with Crippen LogP contribution in [0.3, 0.4) is 0 Å². The van der Waals surface area contributed by atoms with E-state index in [-0.39, 0.29) is 11.9 Å². The van der Waals surface area contributed by atoms with Gasteiger partial charge in [0.25, 0.3) is 0 Å². The van der Waals surface area contributed by atoms with Gasteiger partial charge in [-0.15, -0.1) is 0 Å². The van der Waals surface area contributed by atoms with Crippen molar-refractivity contribution < 1.29 is 4.79 Å². The Balaban J connectivity index is 4.27. The fourth-order valence-electron chi connectivity index (χ4n) is 2.29. The van der Waals surface area contributed by atoms with Crippen molar-refractivity contribution in [3.8, 4) is 0 Å². The van der Waals surface area contributed by atoms with Crippen molar-refractivity contribution in [3.05, 3.63) is 0 Å². The zero-order chi connectivity index (χ0) is 15.5. The van der Waals surface area contributed by atoms with Crippen LogP contribution in [0.5, 0.6) is 0 Å². The topological polar surface area (TPSA) is 49.6 Å². The Hall–Kier alpha value is -0.610. The Morgan fingerprint density at radius 3 is 2.15 bits per heavy atom. The number of amides is 1. The third-order valence-corrected chi connectivity index (χ3v) is 3.57. The van der Waals surface area contributed by atoms with Gasteiger partial charge >= 0.3 is 0 Å². The van der Waals surface area contributed by atoms with Crippen molar-refractivity contribution in [1.29, 1.82) is 0 Å². The third kappa shape index (κ3) is 9.32. The van der Waals surface area contributed by atoms with E-state index in [1.54, 1.807) is 0 Å². The largest absolute Gasteiger partial charge is 0.341 e. The van der Waals surface area contributed by atoms with E-state index < -0.39 is 0 Å². The second-order valence-electron chi connectivity index (χ2n) is 6.13. The molecule has 0 rings (SSSR count). The minimum atomic E-state index is 0.192. The van der Waals surface area contributed by atoms with Crippen LogP contribution in [0.4, 0.5) is 0 Å². The number of nitrogens with two attached hydrogens (primary N) is 1. The standard InChI is InChI=1S/C16H35N3O/c1-6-18(7-2)11-12-19(13-14(3)4)16(20)10-8-9-15(5)17/h14-15H,6-13,17H2,1-5H3. The van der Waals surface area contributed by atoms with Crippen LogP contribution in [-0.2, 0) is 4.79 Å². The first-order chi connectivity index (χ1) is 9.40. The summed E-state index contributed by atoms with van der Waals surface area (Å²) in [5, 5.41) is 0. The highest BCUT2D eigenvalue weighted by atomic mass is 16.2. The molecule has 0 aromatic rings. The molecule has 20 heavy (non-hydrogen) atoms. The molecular formula is C16H35N3O. The summed E-state index contributed by atoms with van der Waals surface area (Å²) in [6.07, 6.45) is 2.46. The molecule has 1 unspecified atom stereocenters. The lowest BCUT2D eigenvalue weighted by Crippen LogP contribution is -2.40. The molecule has 0 spiro atoms. The van der Waals surface area contributed by atoms with Crippen LogP contribution < -0.4 is 5.73 Å². The average molecular weight is 285 g/mol. The second-order valence-corrected chi connectivity index (χ2v) is 6.13. The van der Waals surface area contributed by atoms with Crippen molar-refractivity contribution in [2.24, 2.45) is 11.7 Å². The maximum atomic E-state index is 12.3. The number of hydrogen-bond acceptors (Lipinski definition) is 3. The number of likely N-dealkylation sites (N-methyl/N-ethyl adjacent to an activating group) is 1. The van der Waals surface area contributed by atoms with Crippen LogP contribution in [-0.4, -0.2) is 54.5 Å². The molecule has 1 amide bonds. The Kier molecular flexibility index (Phi) is 10.8. The average Bonchev–Trinajstić information content (AvgIpc) is 2.37. The smallest absolute Gasteiger partial charge is 0.222 e. The summed E-state index contributed by atoms with van der Waals surface area (Å²) < 4.78 is 0. The maximum Gasteiger partial charge on any atom is 0.222 e. The summed E-state index contributed by atoms with van der Waals surface area (Å²) in [6.45, 7) is 15.4. The summed E-state index contributed by atoms with van der Waals surface area (Å²) in [5.41, 5.74) is 5.74. The molecule has 4 heteroatoms. The minimum Gasteiger partial charge on any atom is -0.341 e.